The Balaban J connectivity index is 2.02. The third-order valence-corrected chi connectivity index (χ3v) is 7.88. The lowest BCUT2D eigenvalue weighted by atomic mass is 10.1. The molecule has 0 saturated carbocycles. The van der Waals surface area contributed by atoms with Crippen LogP contribution >= 0.6 is 11.6 Å². The molecule has 0 radical (unpaired) electrons. The van der Waals surface area contributed by atoms with Gasteiger partial charge in [-0.1, -0.05) is 54.1 Å². The highest BCUT2D eigenvalue weighted by atomic mass is 35.5. The third-order valence-electron chi connectivity index (χ3n) is 5.84. The number of carbonyl (C=O) groups excluding carboxylic acids is 2. The Morgan fingerprint density at radius 3 is 2.17 bits per heavy atom. The summed E-state index contributed by atoms with van der Waals surface area (Å²) in [6.45, 7) is 5.44. The van der Waals surface area contributed by atoms with Crippen molar-refractivity contribution >= 4 is 39.1 Å². The molecule has 1 atom stereocenters. The number of anilines is 1. The van der Waals surface area contributed by atoms with E-state index in [4.69, 9.17) is 11.6 Å². The number of likely N-dealkylation sites (N-methyl/N-ethyl adjacent to an activating group) is 1. The molecule has 0 saturated heterocycles. The predicted molar refractivity (Wildman–Crippen MR) is 142 cm³/mol. The number of carbonyl (C=O) groups is 2. The standard InChI is InChI=1S/C27H30ClN3O4S/c1-4-29-27(33)21(3)30(18-22-11-9-8-10-20(22)2)26(32)19-31(24-16-14-23(28)15-17-24)36(34,35)25-12-6-5-7-13-25/h5-17,21H,4,18-19H2,1-3H3,(H,29,33)/t21-/m0/s1. The van der Waals surface area contributed by atoms with Crippen LogP contribution in [0, 0.1) is 6.92 Å². The molecule has 2 amide bonds. The van der Waals surface area contributed by atoms with Crippen molar-refractivity contribution in [2.24, 2.45) is 0 Å². The number of nitrogens with zero attached hydrogens (tertiary/aromatic N) is 2. The molecule has 9 heteroatoms. The summed E-state index contributed by atoms with van der Waals surface area (Å²) in [5.74, 6) is -0.824. The van der Waals surface area contributed by atoms with Gasteiger partial charge >= 0.3 is 0 Å². The number of sulfonamides is 1. The van der Waals surface area contributed by atoms with E-state index in [1.165, 1.54) is 17.0 Å². The summed E-state index contributed by atoms with van der Waals surface area (Å²) in [6, 6.07) is 20.9. The molecule has 0 heterocycles. The van der Waals surface area contributed by atoms with E-state index in [1.807, 2.05) is 31.2 Å². The van der Waals surface area contributed by atoms with Crippen molar-refractivity contribution in [3.05, 3.63) is 95.0 Å². The summed E-state index contributed by atoms with van der Waals surface area (Å²) in [7, 11) is -4.09. The summed E-state index contributed by atoms with van der Waals surface area (Å²) >= 11 is 6.03. The van der Waals surface area contributed by atoms with Crippen LogP contribution in [-0.2, 0) is 26.2 Å². The second-order valence-electron chi connectivity index (χ2n) is 8.32. The number of halogens is 1. The number of rotatable bonds is 10. The van der Waals surface area contributed by atoms with E-state index in [1.54, 1.807) is 56.3 Å². The van der Waals surface area contributed by atoms with Crippen molar-refractivity contribution in [3.8, 4) is 0 Å². The van der Waals surface area contributed by atoms with E-state index in [0.29, 0.717) is 11.6 Å². The Labute approximate surface area is 217 Å². The smallest absolute Gasteiger partial charge is 0.264 e. The van der Waals surface area contributed by atoms with Gasteiger partial charge in [0.1, 0.15) is 12.6 Å². The minimum absolute atomic E-state index is 0.0509. The number of benzene rings is 3. The van der Waals surface area contributed by atoms with Gasteiger partial charge in [-0.15, -0.1) is 0 Å². The molecular weight excluding hydrogens is 498 g/mol. The maximum atomic E-state index is 13.8. The molecule has 0 aromatic heterocycles. The number of hydrogen-bond donors (Lipinski definition) is 1. The second kappa shape index (κ2) is 12.1. The topological polar surface area (TPSA) is 86.8 Å². The Morgan fingerprint density at radius 1 is 0.944 bits per heavy atom. The van der Waals surface area contributed by atoms with Crippen LogP contribution in [0.25, 0.3) is 0 Å². The second-order valence-corrected chi connectivity index (χ2v) is 10.6. The van der Waals surface area contributed by atoms with Crippen LogP contribution in [-0.4, -0.2) is 44.3 Å². The van der Waals surface area contributed by atoms with Crippen molar-refractivity contribution in [1.82, 2.24) is 10.2 Å². The molecule has 0 aliphatic carbocycles. The number of nitrogens with one attached hydrogen (secondary N) is 1. The first kappa shape index (κ1) is 27.2. The zero-order valence-corrected chi connectivity index (χ0v) is 22.1. The molecule has 0 aliphatic heterocycles. The first-order valence-electron chi connectivity index (χ1n) is 11.6. The van der Waals surface area contributed by atoms with Crippen LogP contribution in [0.2, 0.25) is 5.02 Å². The molecule has 0 bridgehead atoms. The molecule has 3 aromatic carbocycles. The lowest BCUT2D eigenvalue weighted by molar-refractivity contribution is -0.139. The Kier molecular flexibility index (Phi) is 9.12. The van der Waals surface area contributed by atoms with Gasteiger partial charge in [-0.2, -0.15) is 0 Å². The zero-order valence-electron chi connectivity index (χ0n) is 20.5. The van der Waals surface area contributed by atoms with Gasteiger partial charge in [-0.05, 0) is 68.3 Å². The first-order valence-corrected chi connectivity index (χ1v) is 13.4. The highest BCUT2D eigenvalue weighted by molar-refractivity contribution is 7.92. The van der Waals surface area contributed by atoms with Gasteiger partial charge < -0.3 is 10.2 Å². The van der Waals surface area contributed by atoms with Crippen LogP contribution in [0.5, 0.6) is 0 Å². The normalized spacial score (nSPS) is 12.0. The van der Waals surface area contributed by atoms with E-state index in [0.717, 1.165) is 15.4 Å². The van der Waals surface area contributed by atoms with Crippen LogP contribution in [0.4, 0.5) is 5.69 Å². The minimum atomic E-state index is -4.09. The van der Waals surface area contributed by atoms with Gasteiger partial charge in [0.15, 0.2) is 0 Å². The molecular formula is C27H30ClN3O4S. The fourth-order valence-electron chi connectivity index (χ4n) is 3.73. The quantitative estimate of drug-likeness (QED) is 0.423. The highest BCUT2D eigenvalue weighted by Gasteiger charge is 2.32. The molecule has 3 rings (SSSR count). The van der Waals surface area contributed by atoms with E-state index in [-0.39, 0.29) is 23.0 Å². The summed E-state index contributed by atoms with van der Waals surface area (Å²) in [6.07, 6.45) is 0. The van der Waals surface area contributed by atoms with E-state index < -0.39 is 28.5 Å². The Morgan fingerprint density at radius 2 is 1.56 bits per heavy atom. The van der Waals surface area contributed by atoms with Crippen molar-refractivity contribution in [3.63, 3.8) is 0 Å². The maximum absolute atomic E-state index is 13.8. The van der Waals surface area contributed by atoms with Gasteiger partial charge in [-0.3, -0.25) is 13.9 Å². The number of hydrogen-bond acceptors (Lipinski definition) is 4. The van der Waals surface area contributed by atoms with E-state index >= 15 is 0 Å². The van der Waals surface area contributed by atoms with Gasteiger partial charge in [0.05, 0.1) is 10.6 Å². The molecule has 7 nitrogen and oxygen atoms in total. The molecule has 36 heavy (non-hydrogen) atoms. The van der Waals surface area contributed by atoms with Gasteiger partial charge in [0.25, 0.3) is 10.0 Å². The van der Waals surface area contributed by atoms with Crippen LogP contribution in [0.1, 0.15) is 25.0 Å². The van der Waals surface area contributed by atoms with Crippen LogP contribution in [0.3, 0.4) is 0 Å². The highest BCUT2D eigenvalue weighted by Crippen LogP contribution is 2.26. The Hall–Kier alpha value is -3.36. The zero-order chi connectivity index (χ0) is 26.3. The molecule has 0 aliphatic rings. The van der Waals surface area contributed by atoms with E-state index in [9.17, 15) is 18.0 Å². The minimum Gasteiger partial charge on any atom is -0.355 e. The van der Waals surface area contributed by atoms with Crippen LogP contribution < -0.4 is 9.62 Å². The number of aryl methyl sites for hydroxylation is 1. The molecule has 0 unspecified atom stereocenters. The third kappa shape index (κ3) is 6.44. The average molecular weight is 528 g/mol. The lowest BCUT2D eigenvalue weighted by Gasteiger charge is -2.32. The average Bonchev–Trinajstić information content (AvgIpc) is 2.87. The summed E-state index contributed by atoms with van der Waals surface area (Å²) in [5, 5.41) is 3.19. The van der Waals surface area contributed by atoms with Crippen molar-refractivity contribution < 1.29 is 18.0 Å². The summed E-state index contributed by atoms with van der Waals surface area (Å²) in [4.78, 5) is 27.9. The molecule has 1 N–H and O–H groups in total. The monoisotopic (exact) mass is 527 g/mol. The molecule has 3 aromatic rings. The molecule has 0 fully saturated rings. The van der Waals surface area contributed by atoms with E-state index in [2.05, 4.69) is 5.32 Å². The summed E-state index contributed by atoms with van der Waals surface area (Å²) in [5.41, 5.74) is 2.12. The van der Waals surface area contributed by atoms with Crippen molar-refractivity contribution in [2.75, 3.05) is 17.4 Å². The summed E-state index contributed by atoms with van der Waals surface area (Å²) < 4.78 is 28.3. The largest absolute Gasteiger partial charge is 0.355 e. The SMILES string of the molecule is CCNC(=O)[C@H](C)N(Cc1ccccc1C)C(=O)CN(c1ccc(Cl)cc1)S(=O)(=O)c1ccccc1. The fourth-order valence-corrected chi connectivity index (χ4v) is 5.29. The fraction of sp³-hybridized carbons (Fsp3) is 0.259. The molecule has 0 spiro atoms. The number of amides is 2. The molecule has 190 valence electrons. The first-order chi connectivity index (χ1) is 17.1. The van der Waals surface area contributed by atoms with Gasteiger partial charge in [0, 0.05) is 18.1 Å². The van der Waals surface area contributed by atoms with Crippen molar-refractivity contribution in [1.29, 1.82) is 0 Å². The maximum Gasteiger partial charge on any atom is 0.264 e. The van der Waals surface area contributed by atoms with Crippen LogP contribution in [0.15, 0.2) is 83.8 Å². The Bertz CT molecular complexity index is 1300. The lowest BCUT2D eigenvalue weighted by Crippen LogP contribution is -2.51. The van der Waals surface area contributed by atoms with Gasteiger partial charge in [-0.25, -0.2) is 8.42 Å². The predicted octanol–water partition coefficient (Wildman–Crippen LogP) is 4.40. The van der Waals surface area contributed by atoms with Crippen molar-refractivity contribution in [2.45, 2.75) is 38.3 Å². The van der Waals surface area contributed by atoms with Gasteiger partial charge in [0.2, 0.25) is 11.8 Å².